The van der Waals surface area contributed by atoms with Crippen molar-refractivity contribution in [3.63, 3.8) is 0 Å². The number of aliphatic hydroxyl groups is 1. The van der Waals surface area contributed by atoms with Crippen LogP contribution < -0.4 is 5.32 Å². The third-order valence-electron chi connectivity index (χ3n) is 3.24. The van der Waals surface area contributed by atoms with Crippen molar-refractivity contribution in [1.29, 1.82) is 0 Å². The lowest BCUT2D eigenvalue weighted by Gasteiger charge is -2.10. The van der Waals surface area contributed by atoms with E-state index in [1.54, 1.807) is 11.4 Å². The minimum atomic E-state index is -0.625. The van der Waals surface area contributed by atoms with Crippen LogP contribution in [0.4, 0.5) is 5.82 Å². The largest absolute Gasteiger partial charge is 0.387 e. The molecule has 2 heterocycles. The summed E-state index contributed by atoms with van der Waals surface area (Å²) in [6, 6.07) is 13.7. The molecule has 0 aliphatic rings. The zero-order valence-corrected chi connectivity index (χ0v) is 12.2. The molecule has 1 atom stereocenters. The summed E-state index contributed by atoms with van der Waals surface area (Å²) >= 11 is 5.97. The summed E-state index contributed by atoms with van der Waals surface area (Å²) in [5.41, 5.74) is 2.61. The van der Waals surface area contributed by atoms with Crippen LogP contribution in [0.15, 0.2) is 42.5 Å². The number of hydrogen-bond donors (Lipinski definition) is 2. The molecule has 0 radical (unpaired) electrons. The maximum atomic E-state index is 9.76. The van der Waals surface area contributed by atoms with Crippen LogP contribution >= 0.6 is 11.6 Å². The fourth-order valence-electron chi connectivity index (χ4n) is 2.22. The van der Waals surface area contributed by atoms with Crippen molar-refractivity contribution >= 4 is 22.9 Å². The highest BCUT2D eigenvalue weighted by Gasteiger charge is 2.13. The van der Waals surface area contributed by atoms with E-state index in [2.05, 4.69) is 15.4 Å². The van der Waals surface area contributed by atoms with Crippen LogP contribution in [0.1, 0.15) is 24.3 Å². The van der Waals surface area contributed by atoms with E-state index < -0.39 is 6.10 Å². The first-order valence-corrected chi connectivity index (χ1v) is 7.04. The Kier molecular flexibility index (Phi) is 3.77. The summed E-state index contributed by atoms with van der Waals surface area (Å²) < 4.78 is 1.62. The molecule has 21 heavy (non-hydrogen) atoms. The molecule has 0 aliphatic heterocycles. The molecule has 0 aliphatic carbocycles. The molecule has 2 aromatic heterocycles. The fourth-order valence-corrected chi connectivity index (χ4v) is 2.38. The van der Waals surface area contributed by atoms with Gasteiger partial charge in [0.2, 0.25) is 5.28 Å². The number of halogens is 1. The number of aliphatic hydroxyl groups excluding tert-OH is 1. The Labute approximate surface area is 127 Å². The summed E-state index contributed by atoms with van der Waals surface area (Å²) in [5.74, 6) is 0.644. The molecule has 108 valence electrons. The average molecular weight is 303 g/mol. The van der Waals surface area contributed by atoms with Gasteiger partial charge in [0.1, 0.15) is 5.52 Å². The number of aromatic nitrogens is 3. The summed E-state index contributed by atoms with van der Waals surface area (Å²) in [4.78, 5) is 4.23. The van der Waals surface area contributed by atoms with Gasteiger partial charge >= 0.3 is 0 Å². The van der Waals surface area contributed by atoms with Gasteiger partial charge in [0, 0.05) is 6.54 Å². The van der Waals surface area contributed by atoms with E-state index in [0.29, 0.717) is 18.1 Å². The standard InChI is InChI=1S/C15H15ClN4O/c1-10(21)12-7-8-13-14(18-15(16)19-20(12)13)17-9-11-5-3-2-4-6-11/h2-8,10,21H,9H2,1H3,(H,17,18,19). The van der Waals surface area contributed by atoms with Crippen LogP contribution in [0.5, 0.6) is 0 Å². The van der Waals surface area contributed by atoms with Crippen molar-refractivity contribution in [2.24, 2.45) is 0 Å². The molecule has 3 rings (SSSR count). The Bertz CT molecular complexity index is 755. The minimum absolute atomic E-state index is 0.135. The number of hydrogen-bond acceptors (Lipinski definition) is 4. The molecular weight excluding hydrogens is 288 g/mol. The van der Waals surface area contributed by atoms with E-state index >= 15 is 0 Å². The van der Waals surface area contributed by atoms with E-state index in [9.17, 15) is 5.11 Å². The second-order valence-electron chi connectivity index (χ2n) is 4.80. The smallest absolute Gasteiger partial charge is 0.243 e. The normalized spacial score (nSPS) is 12.5. The van der Waals surface area contributed by atoms with Gasteiger partial charge in [-0.25, -0.2) is 4.52 Å². The van der Waals surface area contributed by atoms with Crippen LogP contribution in [-0.2, 0) is 6.54 Å². The molecule has 6 heteroatoms. The molecule has 0 saturated heterocycles. The highest BCUT2D eigenvalue weighted by molar-refractivity contribution is 6.28. The average Bonchev–Trinajstić information content (AvgIpc) is 2.89. The molecule has 5 nitrogen and oxygen atoms in total. The Morgan fingerprint density at radius 2 is 2.00 bits per heavy atom. The molecule has 1 unspecified atom stereocenters. The first-order chi connectivity index (χ1) is 10.1. The van der Waals surface area contributed by atoms with Crippen molar-refractivity contribution in [3.05, 3.63) is 59.0 Å². The fraction of sp³-hybridized carbons (Fsp3) is 0.200. The molecule has 0 amide bonds. The first kappa shape index (κ1) is 13.9. The predicted molar refractivity (Wildman–Crippen MR) is 82.4 cm³/mol. The minimum Gasteiger partial charge on any atom is -0.387 e. The Morgan fingerprint density at radius 3 is 2.71 bits per heavy atom. The van der Waals surface area contributed by atoms with Gasteiger partial charge < -0.3 is 10.4 Å². The highest BCUT2D eigenvalue weighted by Crippen LogP contribution is 2.22. The monoisotopic (exact) mass is 302 g/mol. The van der Waals surface area contributed by atoms with Gasteiger partial charge in [0.05, 0.1) is 11.8 Å². The topological polar surface area (TPSA) is 62.5 Å². The molecule has 0 saturated carbocycles. The van der Waals surface area contributed by atoms with Crippen molar-refractivity contribution in [2.45, 2.75) is 19.6 Å². The molecule has 2 N–H and O–H groups in total. The predicted octanol–water partition coefficient (Wildman–Crippen LogP) is 3.05. The van der Waals surface area contributed by atoms with Gasteiger partial charge in [0.15, 0.2) is 5.82 Å². The summed E-state index contributed by atoms with van der Waals surface area (Å²) in [5, 5.41) is 17.3. The molecule has 1 aromatic carbocycles. The Hall–Kier alpha value is -2.11. The molecule has 0 spiro atoms. The van der Waals surface area contributed by atoms with Crippen molar-refractivity contribution in [1.82, 2.24) is 14.6 Å². The van der Waals surface area contributed by atoms with E-state index in [0.717, 1.165) is 11.1 Å². The number of nitrogens with zero attached hydrogens (tertiary/aromatic N) is 3. The second-order valence-corrected chi connectivity index (χ2v) is 5.14. The van der Waals surface area contributed by atoms with Crippen LogP contribution in [0.2, 0.25) is 5.28 Å². The number of rotatable bonds is 4. The summed E-state index contributed by atoms with van der Waals surface area (Å²) in [6.45, 7) is 2.33. The van der Waals surface area contributed by atoms with Gasteiger partial charge in [-0.3, -0.25) is 0 Å². The summed E-state index contributed by atoms with van der Waals surface area (Å²) in [7, 11) is 0. The van der Waals surface area contributed by atoms with Gasteiger partial charge in [0.25, 0.3) is 0 Å². The van der Waals surface area contributed by atoms with E-state index in [4.69, 9.17) is 11.6 Å². The molecule has 0 bridgehead atoms. The van der Waals surface area contributed by atoms with E-state index in [1.165, 1.54) is 0 Å². The van der Waals surface area contributed by atoms with Crippen LogP contribution in [0.3, 0.4) is 0 Å². The third-order valence-corrected chi connectivity index (χ3v) is 3.40. The number of nitrogens with one attached hydrogen (secondary N) is 1. The maximum absolute atomic E-state index is 9.76. The van der Waals surface area contributed by atoms with Crippen molar-refractivity contribution < 1.29 is 5.11 Å². The van der Waals surface area contributed by atoms with E-state index in [1.807, 2.05) is 42.5 Å². The van der Waals surface area contributed by atoms with Crippen LogP contribution in [-0.4, -0.2) is 19.7 Å². The SMILES string of the molecule is CC(O)c1ccc2c(NCc3ccccc3)nc(Cl)nn12. The third kappa shape index (κ3) is 2.84. The highest BCUT2D eigenvalue weighted by atomic mass is 35.5. The summed E-state index contributed by atoms with van der Waals surface area (Å²) in [6.07, 6.45) is -0.625. The van der Waals surface area contributed by atoms with Gasteiger partial charge in [-0.05, 0) is 36.2 Å². The number of benzene rings is 1. The molecule has 3 aromatic rings. The Balaban J connectivity index is 1.95. The molecular formula is C15H15ClN4O. The van der Waals surface area contributed by atoms with Gasteiger partial charge in [-0.2, -0.15) is 4.98 Å². The first-order valence-electron chi connectivity index (χ1n) is 6.66. The number of anilines is 1. The lowest BCUT2D eigenvalue weighted by atomic mass is 10.2. The Morgan fingerprint density at radius 1 is 1.24 bits per heavy atom. The molecule has 0 fully saturated rings. The lowest BCUT2D eigenvalue weighted by Crippen LogP contribution is -2.08. The zero-order valence-electron chi connectivity index (χ0n) is 11.5. The van der Waals surface area contributed by atoms with Crippen molar-refractivity contribution in [2.75, 3.05) is 5.32 Å². The number of fused-ring (bicyclic) bond motifs is 1. The van der Waals surface area contributed by atoms with Gasteiger partial charge in [-0.1, -0.05) is 30.3 Å². The van der Waals surface area contributed by atoms with Crippen molar-refractivity contribution in [3.8, 4) is 0 Å². The van der Waals surface area contributed by atoms with Crippen LogP contribution in [0, 0.1) is 0 Å². The van der Waals surface area contributed by atoms with Gasteiger partial charge in [-0.15, -0.1) is 5.10 Å². The quantitative estimate of drug-likeness (QED) is 0.777. The van der Waals surface area contributed by atoms with Crippen LogP contribution in [0.25, 0.3) is 5.52 Å². The maximum Gasteiger partial charge on any atom is 0.243 e. The van der Waals surface area contributed by atoms with E-state index in [-0.39, 0.29) is 5.28 Å². The lowest BCUT2D eigenvalue weighted by molar-refractivity contribution is 0.192. The second kappa shape index (κ2) is 5.71. The zero-order chi connectivity index (χ0) is 14.8.